The van der Waals surface area contributed by atoms with Crippen molar-refractivity contribution in [2.24, 2.45) is 22.2 Å². The molecule has 0 amide bonds. The maximum atomic E-state index is 13.4. The van der Waals surface area contributed by atoms with Crippen molar-refractivity contribution in [2.45, 2.75) is 108 Å². The van der Waals surface area contributed by atoms with Gasteiger partial charge in [0.25, 0.3) is 0 Å². The zero-order valence-electron chi connectivity index (χ0n) is 21.0. The summed E-state index contributed by atoms with van der Waals surface area (Å²) < 4.78 is 11.4. The van der Waals surface area contributed by atoms with Crippen LogP contribution in [-0.4, -0.2) is 91.5 Å². The van der Waals surface area contributed by atoms with E-state index in [0.29, 0.717) is 44.9 Å². The van der Waals surface area contributed by atoms with E-state index in [1.165, 1.54) is 0 Å². The van der Waals surface area contributed by atoms with Crippen LogP contribution >= 0.6 is 0 Å². The number of fused-ring (bicyclic) bond motifs is 3. The second-order valence-electron chi connectivity index (χ2n) is 12.1. The highest BCUT2D eigenvalue weighted by Gasteiger charge is 2.73. The number of rotatable bonds is 5. The lowest BCUT2D eigenvalue weighted by Crippen LogP contribution is -2.76. The first-order valence-corrected chi connectivity index (χ1v) is 12.8. The minimum Gasteiger partial charge on any atom is -0.394 e. The molecule has 1 saturated heterocycles. The van der Waals surface area contributed by atoms with Gasteiger partial charge in [-0.15, -0.1) is 6.58 Å². The van der Waals surface area contributed by atoms with Crippen molar-refractivity contribution in [1.82, 2.24) is 0 Å². The molecule has 4 rings (SSSR count). The summed E-state index contributed by atoms with van der Waals surface area (Å²) in [5.74, 6) is -0.604. The van der Waals surface area contributed by atoms with E-state index in [-0.39, 0.29) is 12.4 Å². The van der Waals surface area contributed by atoms with Gasteiger partial charge >= 0.3 is 0 Å². The minimum absolute atomic E-state index is 0.0191. The van der Waals surface area contributed by atoms with Crippen LogP contribution in [0.25, 0.3) is 0 Å². The lowest BCUT2D eigenvalue weighted by Gasteiger charge is -2.69. The van der Waals surface area contributed by atoms with Gasteiger partial charge in [-0.3, -0.25) is 4.79 Å². The monoisotopic (exact) mass is 498 g/mol. The van der Waals surface area contributed by atoms with E-state index >= 15 is 0 Å². The van der Waals surface area contributed by atoms with Gasteiger partial charge in [0.1, 0.15) is 30.2 Å². The van der Waals surface area contributed by atoms with E-state index in [1.54, 1.807) is 6.08 Å². The van der Waals surface area contributed by atoms with Crippen LogP contribution < -0.4 is 0 Å². The van der Waals surface area contributed by atoms with E-state index in [9.17, 15) is 35.4 Å². The Morgan fingerprint density at radius 2 is 1.71 bits per heavy atom. The number of ether oxygens (including phenoxy) is 2. The molecular formula is C26H42O9. The Bertz CT molecular complexity index is 849. The van der Waals surface area contributed by atoms with Crippen LogP contribution in [0.5, 0.6) is 0 Å². The molecule has 3 saturated carbocycles. The third-order valence-electron chi connectivity index (χ3n) is 10.4. The molecule has 0 unspecified atom stereocenters. The molecule has 0 spiro atoms. The third-order valence-corrected chi connectivity index (χ3v) is 10.4. The van der Waals surface area contributed by atoms with Crippen molar-refractivity contribution in [1.29, 1.82) is 0 Å². The Morgan fingerprint density at radius 1 is 1.03 bits per heavy atom. The predicted octanol–water partition coefficient (Wildman–Crippen LogP) is 0.427. The standard InChI is InChI=1S/C26H42O9/c1-5-22(2)11-12-25(32)15(20(22)31)7-10-26(33)23(3,8-6-9-24(25,26)4)14-34-21-19(30)18(29)17(28)16(13-27)35-21/h5,15-19,21,27-30,32-33H,1,6-14H2,2-4H3/t15-,16+,17+,18-,19+,21+,22+,23-,24+,25+,26-/m0/s1. The molecule has 200 valence electrons. The number of hydrogen-bond acceptors (Lipinski definition) is 9. The van der Waals surface area contributed by atoms with E-state index in [2.05, 4.69) is 6.58 Å². The van der Waals surface area contributed by atoms with Gasteiger partial charge in [0, 0.05) is 22.2 Å². The van der Waals surface area contributed by atoms with Crippen molar-refractivity contribution in [3.63, 3.8) is 0 Å². The van der Waals surface area contributed by atoms with Crippen LogP contribution in [0.4, 0.5) is 0 Å². The van der Waals surface area contributed by atoms with Crippen molar-refractivity contribution >= 4 is 5.78 Å². The van der Waals surface area contributed by atoms with Crippen LogP contribution in [-0.2, 0) is 14.3 Å². The first kappa shape index (κ1) is 27.1. The highest BCUT2D eigenvalue weighted by molar-refractivity contribution is 5.90. The SMILES string of the molecule is C=C[C@]1(C)CC[C@@]2(O)[C@@H](CC[C@]3(O)[C@](C)(CO[C@@H]4O[C@H](CO)[C@@H](O)[C@H](O)[C@H]4O)CCC[C@@]32C)C1=O. The van der Waals surface area contributed by atoms with Crippen molar-refractivity contribution in [2.75, 3.05) is 13.2 Å². The largest absolute Gasteiger partial charge is 0.394 e. The molecule has 11 atom stereocenters. The normalized spacial score (nSPS) is 54.6. The number of carbonyl (C=O) groups excluding carboxylic acids is 1. The number of aliphatic hydroxyl groups excluding tert-OH is 4. The Kier molecular flexibility index (Phi) is 6.85. The van der Waals surface area contributed by atoms with Crippen molar-refractivity contribution in [3.8, 4) is 0 Å². The zero-order valence-corrected chi connectivity index (χ0v) is 21.0. The summed E-state index contributed by atoms with van der Waals surface area (Å²) in [6.07, 6.45) is -1.92. The molecule has 1 aliphatic heterocycles. The zero-order chi connectivity index (χ0) is 26.0. The molecule has 0 aromatic carbocycles. The molecule has 6 N–H and O–H groups in total. The van der Waals surface area contributed by atoms with Gasteiger partial charge in [-0.05, 0) is 45.4 Å². The molecule has 0 aromatic heterocycles. The second-order valence-corrected chi connectivity index (χ2v) is 12.1. The maximum Gasteiger partial charge on any atom is 0.186 e. The fourth-order valence-electron chi connectivity index (χ4n) is 7.68. The third kappa shape index (κ3) is 3.61. The Morgan fingerprint density at radius 3 is 2.34 bits per heavy atom. The van der Waals surface area contributed by atoms with Gasteiger partial charge < -0.3 is 40.1 Å². The van der Waals surface area contributed by atoms with Gasteiger partial charge in [0.2, 0.25) is 0 Å². The summed E-state index contributed by atoms with van der Waals surface area (Å²) in [7, 11) is 0. The molecule has 4 aliphatic rings. The quantitative estimate of drug-likeness (QED) is 0.296. The molecule has 4 fully saturated rings. The molecule has 3 aliphatic carbocycles. The number of carbonyl (C=O) groups is 1. The minimum atomic E-state index is -1.55. The van der Waals surface area contributed by atoms with E-state index in [4.69, 9.17) is 9.47 Å². The summed E-state index contributed by atoms with van der Waals surface area (Å²) in [5.41, 5.74) is -5.23. The number of aliphatic hydroxyl groups is 6. The van der Waals surface area contributed by atoms with E-state index in [1.807, 2.05) is 20.8 Å². The first-order chi connectivity index (χ1) is 16.2. The van der Waals surface area contributed by atoms with Gasteiger partial charge in [-0.25, -0.2) is 0 Å². The Balaban J connectivity index is 1.60. The summed E-state index contributed by atoms with van der Waals surface area (Å²) >= 11 is 0. The Hall–Kier alpha value is -0.910. The maximum absolute atomic E-state index is 13.4. The molecule has 9 nitrogen and oxygen atoms in total. The average molecular weight is 499 g/mol. The molecule has 1 heterocycles. The smallest absolute Gasteiger partial charge is 0.186 e. The molecule has 9 heteroatoms. The lowest BCUT2D eigenvalue weighted by molar-refractivity contribution is -0.334. The lowest BCUT2D eigenvalue weighted by atomic mass is 9.39. The molecule has 0 radical (unpaired) electrons. The summed E-state index contributed by atoms with van der Waals surface area (Å²) in [4.78, 5) is 13.4. The van der Waals surface area contributed by atoms with Crippen LogP contribution in [0.15, 0.2) is 12.7 Å². The average Bonchev–Trinajstić information content (AvgIpc) is 2.82. The van der Waals surface area contributed by atoms with Gasteiger partial charge in [0.05, 0.1) is 24.4 Å². The van der Waals surface area contributed by atoms with Crippen LogP contribution in [0.1, 0.15) is 65.7 Å². The number of Topliss-reactive ketones (excluding diaryl/α,β-unsaturated/α-hetero) is 1. The van der Waals surface area contributed by atoms with Crippen LogP contribution in [0.2, 0.25) is 0 Å². The van der Waals surface area contributed by atoms with Gasteiger partial charge in [-0.1, -0.05) is 26.3 Å². The van der Waals surface area contributed by atoms with Crippen LogP contribution in [0, 0.1) is 22.2 Å². The fourth-order valence-corrected chi connectivity index (χ4v) is 7.68. The molecule has 35 heavy (non-hydrogen) atoms. The number of allylic oxidation sites excluding steroid dienone is 1. The van der Waals surface area contributed by atoms with Gasteiger partial charge in [0.15, 0.2) is 6.29 Å². The Labute approximate surface area is 206 Å². The molecular weight excluding hydrogens is 456 g/mol. The summed E-state index contributed by atoms with van der Waals surface area (Å²) in [6.45, 7) is 8.88. The predicted molar refractivity (Wildman–Crippen MR) is 125 cm³/mol. The molecule has 0 bridgehead atoms. The number of ketones is 1. The molecule has 0 aromatic rings. The van der Waals surface area contributed by atoms with Gasteiger partial charge in [-0.2, -0.15) is 0 Å². The fraction of sp³-hybridized carbons (Fsp3) is 0.885. The highest BCUT2D eigenvalue weighted by atomic mass is 16.7. The van der Waals surface area contributed by atoms with Crippen LogP contribution in [0.3, 0.4) is 0 Å². The second kappa shape index (κ2) is 8.84. The van der Waals surface area contributed by atoms with Crippen molar-refractivity contribution < 1.29 is 44.9 Å². The number of hydrogen-bond donors (Lipinski definition) is 6. The summed E-state index contributed by atoms with van der Waals surface area (Å²) in [6, 6.07) is 0. The van der Waals surface area contributed by atoms with Crippen molar-refractivity contribution in [3.05, 3.63) is 12.7 Å². The summed E-state index contributed by atoms with van der Waals surface area (Å²) in [5, 5.41) is 64.4. The highest BCUT2D eigenvalue weighted by Crippen LogP contribution is 2.68. The topological polar surface area (TPSA) is 157 Å². The van der Waals surface area contributed by atoms with E-state index < -0.39 is 70.7 Å². The first-order valence-electron chi connectivity index (χ1n) is 12.8. The van der Waals surface area contributed by atoms with E-state index in [0.717, 1.165) is 0 Å².